The monoisotopic (exact) mass is 408 g/mol. The Morgan fingerprint density at radius 2 is 1.80 bits per heavy atom. The molecule has 1 unspecified atom stereocenters. The van der Waals surface area contributed by atoms with E-state index in [1.54, 1.807) is 13.3 Å². The van der Waals surface area contributed by atoms with Crippen LogP contribution >= 0.6 is 0 Å². The number of rotatable bonds is 4. The smallest absolute Gasteiger partial charge is 0.219 e. The van der Waals surface area contributed by atoms with Gasteiger partial charge in [-0.2, -0.15) is 0 Å². The lowest BCUT2D eigenvalue weighted by molar-refractivity contribution is -0.127. The molecule has 0 aliphatic carbocycles. The van der Waals surface area contributed by atoms with Crippen molar-refractivity contribution in [1.82, 2.24) is 19.8 Å². The van der Waals surface area contributed by atoms with Crippen LogP contribution in [0.5, 0.6) is 0 Å². The van der Waals surface area contributed by atoms with E-state index < -0.39 is 0 Å². The van der Waals surface area contributed by atoms with Crippen LogP contribution in [0.3, 0.4) is 0 Å². The Kier molecular flexibility index (Phi) is 5.46. The van der Waals surface area contributed by atoms with Crippen LogP contribution in [0.15, 0.2) is 24.5 Å². The average molecular weight is 409 g/mol. The summed E-state index contributed by atoms with van der Waals surface area (Å²) in [4.78, 5) is 30.2. The molecule has 5 rings (SSSR count). The number of hydrogen-bond donors (Lipinski definition) is 0. The summed E-state index contributed by atoms with van der Waals surface area (Å²) in [5.74, 6) is 1.94. The summed E-state index contributed by atoms with van der Waals surface area (Å²) in [6, 6.07) is 6.65. The van der Waals surface area contributed by atoms with Gasteiger partial charge in [-0.1, -0.05) is 0 Å². The predicted molar refractivity (Wildman–Crippen MR) is 120 cm³/mol. The molecular weight excluding hydrogens is 376 g/mol. The lowest BCUT2D eigenvalue weighted by Gasteiger charge is -2.37. The van der Waals surface area contributed by atoms with Crippen LogP contribution < -0.4 is 9.80 Å². The quantitative estimate of drug-likeness (QED) is 0.773. The zero-order chi connectivity index (χ0) is 20.5. The second kappa shape index (κ2) is 8.38. The molecule has 3 saturated heterocycles. The highest BCUT2D eigenvalue weighted by Gasteiger charge is 2.27. The van der Waals surface area contributed by atoms with Crippen LogP contribution in [0.1, 0.15) is 26.2 Å². The van der Waals surface area contributed by atoms with E-state index in [1.807, 2.05) is 4.90 Å². The van der Waals surface area contributed by atoms with Gasteiger partial charge in [0.05, 0.1) is 5.52 Å². The molecule has 7 heteroatoms. The number of benzene rings is 1. The lowest BCUT2D eigenvalue weighted by Crippen LogP contribution is -2.48. The molecule has 0 radical (unpaired) electrons. The first-order valence-electron chi connectivity index (χ1n) is 11.4. The second-order valence-corrected chi connectivity index (χ2v) is 9.00. The van der Waals surface area contributed by atoms with Crippen molar-refractivity contribution in [3.63, 3.8) is 0 Å². The van der Waals surface area contributed by atoms with E-state index in [0.29, 0.717) is 5.92 Å². The summed E-state index contributed by atoms with van der Waals surface area (Å²) in [5, 5.41) is 1.18. The third kappa shape index (κ3) is 3.95. The minimum atomic E-state index is 0.218. The lowest BCUT2D eigenvalue weighted by atomic mass is 10.1. The van der Waals surface area contributed by atoms with Gasteiger partial charge in [0.1, 0.15) is 12.1 Å². The Labute approximate surface area is 178 Å². The minimum Gasteiger partial charge on any atom is -0.369 e. The summed E-state index contributed by atoms with van der Waals surface area (Å²) in [5.41, 5.74) is 2.31. The molecule has 160 valence electrons. The zero-order valence-corrected chi connectivity index (χ0v) is 18.0. The molecule has 0 bridgehead atoms. The van der Waals surface area contributed by atoms with Crippen molar-refractivity contribution in [3.8, 4) is 0 Å². The van der Waals surface area contributed by atoms with E-state index in [1.165, 1.54) is 23.9 Å². The molecule has 0 spiro atoms. The summed E-state index contributed by atoms with van der Waals surface area (Å²) >= 11 is 0. The Morgan fingerprint density at radius 1 is 1.00 bits per heavy atom. The van der Waals surface area contributed by atoms with Gasteiger partial charge in [-0.15, -0.1) is 0 Å². The number of amides is 1. The van der Waals surface area contributed by atoms with Crippen molar-refractivity contribution < 1.29 is 4.79 Å². The largest absolute Gasteiger partial charge is 0.369 e. The number of piperazine rings is 1. The number of anilines is 2. The van der Waals surface area contributed by atoms with Crippen molar-refractivity contribution in [2.24, 2.45) is 5.92 Å². The highest BCUT2D eigenvalue weighted by Crippen LogP contribution is 2.30. The van der Waals surface area contributed by atoms with Crippen molar-refractivity contribution >= 4 is 28.3 Å². The third-order valence-electron chi connectivity index (χ3n) is 6.99. The van der Waals surface area contributed by atoms with E-state index in [9.17, 15) is 4.79 Å². The Balaban J connectivity index is 1.24. The van der Waals surface area contributed by atoms with Gasteiger partial charge in [-0.25, -0.2) is 9.97 Å². The van der Waals surface area contributed by atoms with Crippen molar-refractivity contribution in [3.05, 3.63) is 24.5 Å². The molecule has 0 N–H and O–H groups in total. The van der Waals surface area contributed by atoms with E-state index in [2.05, 4.69) is 42.9 Å². The fourth-order valence-corrected chi connectivity index (χ4v) is 5.23. The van der Waals surface area contributed by atoms with E-state index in [-0.39, 0.29) is 5.91 Å². The molecular formula is C23H32N6O. The Bertz CT molecular complexity index is 904. The van der Waals surface area contributed by atoms with Crippen LogP contribution in [0.25, 0.3) is 10.9 Å². The van der Waals surface area contributed by atoms with Gasteiger partial charge in [-0.3, -0.25) is 9.69 Å². The molecule has 3 fully saturated rings. The molecule has 1 amide bonds. The van der Waals surface area contributed by atoms with Gasteiger partial charge in [0, 0.05) is 76.9 Å². The summed E-state index contributed by atoms with van der Waals surface area (Å²) in [6.45, 7) is 11.1. The van der Waals surface area contributed by atoms with E-state index in [4.69, 9.17) is 0 Å². The molecule has 3 aliphatic heterocycles. The first-order chi connectivity index (χ1) is 14.7. The van der Waals surface area contributed by atoms with Crippen LogP contribution in [-0.4, -0.2) is 84.6 Å². The summed E-state index contributed by atoms with van der Waals surface area (Å²) < 4.78 is 0. The SMILES string of the molecule is CC(=O)N1CCC(CN2CCN(c3ccc4ncnc(N5CCCC5)c4c3)CC2)C1. The zero-order valence-electron chi connectivity index (χ0n) is 18.0. The van der Waals surface area contributed by atoms with Gasteiger partial charge >= 0.3 is 0 Å². The minimum absolute atomic E-state index is 0.218. The Morgan fingerprint density at radius 3 is 2.53 bits per heavy atom. The number of hydrogen-bond acceptors (Lipinski definition) is 6. The maximum absolute atomic E-state index is 11.6. The van der Waals surface area contributed by atoms with Crippen LogP contribution in [0.2, 0.25) is 0 Å². The highest BCUT2D eigenvalue weighted by atomic mass is 16.2. The van der Waals surface area contributed by atoms with E-state index >= 15 is 0 Å². The fourth-order valence-electron chi connectivity index (χ4n) is 5.23. The second-order valence-electron chi connectivity index (χ2n) is 9.00. The molecule has 1 aromatic heterocycles. The number of fused-ring (bicyclic) bond motifs is 1. The summed E-state index contributed by atoms with van der Waals surface area (Å²) in [6.07, 6.45) is 5.34. The number of carbonyl (C=O) groups is 1. The van der Waals surface area contributed by atoms with Crippen molar-refractivity contribution in [1.29, 1.82) is 0 Å². The number of aromatic nitrogens is 2. The van der Waals surface area contributed by atoms with Crippen molar-refractivity contribution in [2.45, 2.75) is 26.2 Å². The first kappa shape index (κ1) is 19.5. The van der Waals surface area contributed by atoms with Crippen LogP contribution in [0.4, 0.5) is 11.5 Å². The highest BCUT2D eigenvalue weighted by molar-refractivity contribution is 5.92. The normalized spacial score (nSPS) is 23.0. The Hall–Kier alpha value is -2.41. The van der Waals surface area contributed by atoms with E-state index in [0.717, 1.165) is 76.7 Å². The fraction of sp³-hybridized carbons (Fsp3) is 0.609. The topological polar surface area (TPSA) is 55.8 Å². The molecule has 1 aromatic carbocycles. The maximum Gasteiger partial charge on any atom is 0.219 e. The van der Waals surface area contributed by atoms with Gasteiger partial charge in [0.2, 0.25) is 5.91 Å². The maximum atomic E-state index is 11.6. The van der Waals surface area contributed by atoms with Gasteiger partial charge < -0.3 is 14.7 Å². The average Bonchev–Trinajstić information content (AvgIpc) is 3.46. The molecule has 7 nitrogen and oxygen atoms in total. The molecule has 30 heavy (non-hydrogen) atoms. The molecule has 4 heterocycles. The standard InChI is InChI=1S/C23H32N6O/c1-18(30)29-9-6-19(16-29)15-26-10-12-27(13-11-26)20-4-5-22-21(14-20)23(25-17-24-22)28-7-2-3-8-28/h4-5,14,17,19H,2-3,6-13,15-16H2,1H3. The molecule has 2 aromatic rings. The number of carbonyl (C=O) groups excluding carboxylic acids is 1. The molecule has 0 saturated carbocycles. The van der Waals surface area contributed by atoms with Gasteiger partial charge in [-0.05, 0) is 43.4 Å². The van der Waals surface area contributed by atoms with Crippen LogP contribution in [-0.2, 0) is 4.79 Å². The first-order valence-corrected chi connectivity index (χ1v) is 11.4. The molecule has 1 atom stereocenters. The van der Waals surface area contributed by atoms with Gasteiger partial charge in [0.25, 0.3) is 0 Å². The third-order valence-corrected chi connectivity index (χ3v) is 6.99. The van der Waals surface area contributed by atoms with Gasteiger partial charge in [0.15, 0.2) is 0 Å². The molecule has 3 aliphatic rings. The number of nitrogens with zero attached hydrogens (tertiary/aromatic N) is 6. The van der Waals surface area contributed by atoms with Crippen LogP contribution in [0, 0.1) is 5.92 Å². The van der Waals surface area contributed by atoms with Crippen molar-refractivity contribution in [2.75, 3.05) is 68.7 Å². The predicted octanol–water partition coefficient (Wildman–Crippen LogP) is 2.22. The number of likely N-dealkylation sites (tertiary alicyclic amines) is 1. The summed E-state index contributed by atoms with van der Waals surface area (Å²) in [7, 11) is 0.